The summed E-state index contributed by atoms with van der Waals surface area (Å²) in [6, 6.07) is 0.0168. The van der Waals surface area contributed by atoms with Crippen LogP contribution >= 0.6 is 0 Å². The number of rotatable bonds is 7. The molecule has 0 aromatic rings. The second-order valence-electron chi connectivity index (χ2n) is 4.97. The summed E-state index contributed by atoms with van der Waals surface area (Å²) in [5.41, 5.74) is 4.50. The molecule has 6 nitrogen and oxygen atoms in total. The summed E-state index contributed by atoms with van der Waals surface area (Å²) in [7, 11) is 0. The molecular weight excluding hydrogens is 232 g/mol. The fourth-order valence-electron chi connectivity index (χ4n) is 1.56. The topological polar surface area (TPSA) is 91.0 Å². The van der Waals surface area contributed by atoms with Gasteiger partial charge in [-0.3, -0.25) is 4.79 Å². The molecule has 1 amide bonds. The van der Waals surface area contributed by atoms with E-state index < -0.39 is 5.41 Å². The maximum Gasteiger partial charge on any atom is 0.233 e. The Hall–Kier alpha value is -1.30. The third-order valence-corrected chi connectivity index (χ3v) is 3.12. The summed E-state index contributed by atoms with van der Waals surface area (Å²) in [6.45, 7) is 12.0. The van der Waals surface area contributed by atoms with Crippen LogP contribution in [0.2, 0.25) is 0 Å². The predicted octanol–water partition coefficient (Wildman–Crippen LogP) is 0.606. The second kappa shape index (κ2) is 7.20. The molecule has 106 valence electrons. The summed E-state index contributed by atoms with van der Waals surface area (Å²) in [4.78, 5) is 14.3. The van der Waals surface area contributed by atoms with E-state index in [4.69, 9.17) is 10.9 Å². The number of amides is 1. The number of amidine groups is 1. The van der Waals surface area contributed by atoms with E-state index in [1.807, 2.05) is 6.92 Å². The van der Waals surface area contributed by atoms with Gasteiger partial charge in [0.25, 0.3) is 0 Å². The second-order valence-corrected chi connectivity index (χ2v) is 4.97. The van der Waals surface area contributed by atoms with Crippen molar-refractivity contribution in [3.05, 3.63) is 0 Å². The molecule has 0 rings (SSSR count). The average Bonchev–Trinajstić information content (AvgIpc) is 2.34. The normalized spacial score (nSPS) is 14.7. The SMILES string of the molecule is CCN(CC)CC(C)NC(=O)C(C)(C)C(N)=NO. The van der Waals surface area contributed by atoms with Gasteiger partial charge in [-0.15, -0.1) is 0 Å². The van der Waals surface area contributed by atoms with Crippen molar-refractivity contribution in [2.24, 2.45) is 16.3 Å². The molecule has 0 aromatic carbocycles. The zero-order valence-electron chi connectivity index (χ0n) is 12.0. The quantitative estimate of drug-likeness (QED) is 0.270. The summed E-state index contributed by atoms with van der Waals surface area (Å²) in [6.07, 6.45) is 0. The van der Waals surface area contributed by atoms with Crippen LogP contribution in [0, 0.1) is 5.41 Å². The van der Waals surface area contributed by atoms with E-state index in [9.17, 15) is 4.79 Å². The lowest BCUT2D eigenvalue weighted by atomic mass is 9.90. The molecule has 1 atom stereocenters. The van der Waals surface area contributed by atoms with Crippen molar-refractivity contribution in [2.45, 2.75) is 40.7 Å². The van der Waals surface area contributed by atoms with Gasteiger partial charge in [-0.2, -0.15) is 0 Å². The molecule has 0 aliphatic carbocycles. The molecule has 0 aliphatic heterocycles. The van der Waals surface area contributed by atoms with Gasteiger partial charge in [-0.25, -0.2) is 0 Å². The average molecular weight is 258 g/mol. The van der Waals surface area contributed by atoms with Gasteiger partial charge in [0.1, 0.15) is 5.41 Å². The molecule has 4 N–H and O–H groups in total. The Morgan fingerprint density at radius 1 is 1.44 bits per heavy atom. The Balaban J connectivity index is 4.48. The number of oxime groups is 1. The lowest BCUT2D eigenvalue weighted by Crippen LogP contribution is -2.51. The smallest absolute Gasteiger partial charge is 0.233 e. The number of carbonyl (C=O) groups excluding carboxylic acids is 1. The maximum atomic E-state index is 12.0. The Morgan fingerprint density at radius 3 is 2.33 bits per heavy atom. The molecule has 0 radical (unpaired) electrons. The van der Waals surface area contributed by atoms with Gasteiger partial charge in [0.2, 0.25) is 5.91 Å². The van der Waals surface area contributed by atoms with Crippen molar-refractivity contribution in [3.8, 4) is 0 Å². The standard InChI is InChI=1S/C12H26N4O2/c1-6-16(7-2)8-9(3)14-11(17)12(4,5)10(13)15-18/h9,18H,6-8H2,1-5H3,(H2,13,15)(H,14,17). The molecule has 0 aromatic heterocycles. The van der Waals surface area contributed by atoms with Crippen molar-refractivity contribution >= 4 is 11.7 Å². The van der Waals surface area contributed by atoms with Crippen LogP contribution in [0.3, 0.4) is 0 Å². The number of hydrogen-bond acceptors (Lipinski definition) is 4. The lowest BCUT2D eigenvalue weighted by Gasteiger charge is -2.27. The van der Waals surface area contributed by atoms with Crippen LogP contribution in [0.25, 0.3) is 0 Å². The predicted molar refractivity (Wildman–Crippen MR) is 72.6 cm³/mol. The number of likely N-dealkylation sites (N-methyl/N-ethyl adjacent to an activating group) is 1. The van der Waals surface area contributed by atoms with Gasteiger partial charge in [-0.05, 0) is 33.9 Å². The summed E-state index contributed by atoms with van der Waals surface area (Å²) < 4.78 is 0. The minimum absolute atomic E-state index is 0.0168. The molecule has 0 heterocycles. The molecular formula is C12H26N4O2. The Kier molecular flexibility index (Phi) is 6.68. The Bertz CT molecular complexity index is 298. The molecule has 1 unspecified atom stereocenters. The highest BCUT2D eigenvalue weighted by molar-refractivity contribution is 6.05. The first kappa shape index (κ1) is 16.7. The zero-order valence-corrected chi connectivity index (χ0v) is 12.0. The van der Waals surface area contributed by atoms with E-state index in [0.717, 1.165) is 19.6 Å². The van der Waals surface area contributed by atoms with Crippen LogP contribution in [0.1, 0.15) is 34.6 Å². The molecule has 0 saturated carbocycles. The molecule has 6 heteroatoms. The summed E-state index contributed by atoms with van der Waals surface area (Å²) in [5, 5.41) is 14.4. The highest BCUT2D eigenvalue weighted by Gasteiger charge is 2.33. The van der Waals surface area contributed by atoms with Gasteiger partial charge in [0.05, 0.1) is 0 Å². The van der Waals surface area contributed by atoms with E-state index in [1.165, 1.54) is 0 Å². The number of nitrogens with one attached hydrogen (secondary N) is 1. The number of nitrogens with two attached hydrogens (primary N) is 1. The van der Waals surface area contributed by atoms with E-state index in [1.54, 1.807) is 13.8 Å². The monoisotopic (exact) mass is 258 g/mol. The Morgan fingerprint density at radius 2 is 1.94 bits per heavy atom. The first-order valence-electron chi connectivity index (χ1n) is 6.30. The highest BCUT2D eigenvalue weighted by Crippen LogP contribution is 2.15. The molecule has 0 spiro atoms. The summed E-state index contributed by atoms with van der Waals surface area (Å²) >= 11 is 0. The molecule has 0 fully saturated rings. The Labute approximate surface area is 109 Å². The number of carbonyl (C=O) groups is 1. The van der Waals surface area contributed by atoms with Crippen LogP contribution in [0.4, 0.5) is 0 Å². The maximum absolute atomic E-state index is 12.0. The first-order chi connectivity index (χ1) is 8.29. The third kappa shape index (κ3) is 4.52. The van der Waals surface area contributed by atoms with Crippen LogP contribution in [-0.2, 0) is 4.79 Å². The van der Waals surface area contributed by atoms with Crippen molar-refractivity contribution in [2.75, 3.05) is 19.6 Å². The molecule has 18 heavy (non-hydrogen) atoms. The molecule has 0 aliphatic rings. The summed E-state index contributed by atoms with van der Waals surface area (Å²) in [5.74, 6) is -0.326. The van der Waals surface area contributed by atoms with Gasteiger partial charge in [0.15, 0.2) is 5.84 Å². The van der Waals surface area contributed by atoms with E-state index >= 15 is 0 Å². The minimum Gasteiger partial charge on any atom is -0.409 e. The molecule has 0 saturated heterocycles. The van der Waals surface area contributed by atoms with E-state index in [2.05, 4.69) is 29.2 Å². The van der Waals surface area contributed by atoms with Crippen molar-refractivity contribution in [3.63, 3.8) is 0 Å². The zero-order chi connectivity index (χ0) is 14.3. The van der Waals surface area contributed by atoms with Gasteiger partial charge < -0.3 is 21.2 Å². The molecule has 0 bridgehead atoms. The van der Waals surface area contributed by atoms with E-state index in [0.29, 0.717) is 0 Å². The van der Waals surface area contributed by atoms with Crippen LogP contribution in [0.15, 0.2) is 5.16 Å². The number of hydrogen-bond donors (Lipinski definition) is 3. The lowest BCUT2D eigenvalue weighted by molar-refractivity contribution is -0.127. The van der Waals surface area contributed by atoms with Gasteiger partial charge in [0, 0.05) is 12.6 Å². The largest absolute Gasteiger partial charge is 0.409 e. The van der Waals surface area contributed by atoms with Crippen molar-refractivity contribution < 1.29 is 10.0 Å². The van der Waals surface area contributed by atoms with Gasteiger partial charge in [-0.1, -0.05) is 19.0 Å². The van der Waals surface area contributed by atoms with Crippen LogP contribution < -0.4 is 11.1 Å². The fourth-order valence-corrected chi connectivity index (χ4v) is 1.56. The first-order valence-corrected chi connectivity index (χ1v) is 6.30. The minimum atomic E-state index is -1.01. The van der Waals surface area contributed by atoms with E-state index in [-0.39, 0.29) is 17.8 Å². The van der Waals surface area contributed by atoms with Gasteiger partial charge >= 0.3 is 0 Å². The highest BCUT2D eigenvalue weighted by atomic mass is 16.4. The van der Waals surface area contributed by atoms with Crippen LogP contribution in [-0.4, -0.2) is 47.5 Å². The van der Waals surface area contributed by atoms with Crippen LogP contribution in [0.5, 0.6) is 0 Å². The number of nitrogens with zero attached hydrogens (tertiary/aromatic N) is 2. The van der Waals surface area contributed by atoms with Crippen molar-refractivity contribution in [1.82, 2.24) is 10.2 Å². The van der Waals surface area contributed by atoms with Crippen molar-refractivity contribution in [1.29, 1.82) is 0 Å². The fraction of sp³-hybridized carbons (Fsp3) is 0.833. The third-order valence-electron chi connectivity index (χ3n) is 3.12.